The molecule has 18 heavy (non-hydrogen) atoms. The molecule has 0 spiro atoms. The standard InChI is InChI=1S/C12H19FN4O/c1-14-12-15-8-10(13)11(16-12)18-7-5-9-4-3-6-17(9)2/h8-9H,3-7H2,1-2H3,(H,14,15,16). The third-order valence-electron chi connectivity index (χ3n) is 3.30. The SMILES string of the molecule is CNc1ncc(F)c(OCCC2CCCN2C)n1. The number of rotatable bonds is 5. The summed E-state index contributed by atoms with van der Waals surface area (Å²) in [6, 6.07) is 0.540. The van der Waals surface area contributed by atoms with Gasteiger partial charge in [-0.25, -0.2) is 4.98 Å². The molecule has 1 fully saturated rings. The summed E-state index contributed by atoms with van der Waals surface area (Å²) in [5.74, 6) is -0.131. The van der Waals surface area contributed by atoms with Gasteiger partial charge in [0, 0.05) is 13.1 Å². The number of ether oxygens (including phenoxy) is 1. The molecule has 1 aliphatic heterocycles. The Morgan fingerprint density at radius 2 is 2.44 bits per heavy atom. The van der Waals surface area contributed by atoms with Gasteiger partial charge in [-0.2, -0.15) is 9.37 Å². The first-order valence-electron chi connectivity index (χ1n) is 6.24. The van der Waals surface area contributed by atoms with Crippen LogP contribution in [0, 0.1) is 5.82 Å². The van der Waals surface area contributed by atoms with Crippen LogP contribution >= 0.6 is 0 Å². The Labute approximate surface area is 106 Å². The lowest BCUT2D eigenvalue weighted by atomic mass is 10.1. The molecule has 0 amide bonds. The number of hydrogen-bond donors (Lipinski definition) is 1. The van der Waals surface area contributed by atoms with E-state index in [1.54, 1.807) is 7.05 Å². The van der Waals surface area contributed by atoms with Gasteiger partial charge in [-0.1, -0.05) is 0 Å². The maximum Gasteiger partial charge on any atom is 0.255 e. The zero-order valence-electron chi connectivity index (χ0n) is 10.8. The number of nitrogens with zero attached hydrogens (tertiary/aromatic N) is 3. The zero-order valence-corrected chi connectivity index (χ0v) is 10.8. The van der Waals surface area contributed by atoms with Gasteiger partial charge in [0.05, 0.1) is 12.8 Å². The topological polar surface area (TPSA) is 50.3 Å². The van der Waals surface area contributed by atoms with Gasteiger partial charge in [-0.3, -0.25) is 0 Å². The molecule has 1 unspecified atom stereocenters. The smallest absolute Gasteiger partial charge is 0.255 e. The van der Waals surface area contributed by atoms with E-state index in [0.717, 1.165) is 19.2 Å². The molecule has 0 radical (unpaired) electrons. The van der Waals surface area contributed by atoms with Gasteiger partial charge in [-0.05, 0) is 32.9 Å². The van der Waals surface area contributed by atoms with Gasteiger partial charge < -0.3 is 15.0 Å². The average molecular weight is 254 g/mol. The minimum Gasteiger partial charge on any atom is -0.475 e. The van der Waals surface area contributed by atoms with Gasteiger partial charge in [0.15, 0.2) is 0 Å². The second-order valence-corrected chi connectivity index (χ2v) is 4.51. The quantitative estimate of drug-likeness (QED) is 0.863. The molecule has 0 saturated carbocycles. The first-order valence-corrected chi connectivity index (χ1v) is 6.24. The highest BCUT2D eigenvalue weighted by molar-refractivity contribution is 5.27. The van der Waals surface area contributed by atoms with E-state index in [2.05, 4.69) is 27.2 Å². The Hall–Kier alpha value is -1.43. The average Bonchev–Trinajstić information content (AvgIpc) is 2.77. The van der Waals surface area contributed by atoms with Crippen LogP contribution in [0.15, 0.2) is 6.20 Å². The monoisotopic (exact) mass is 254 g/mol. The summed E-state index contributed by atoms with van der Waals surface area (Å²) in [6.07, 6.45) is 4.44. The second-order valence-electron chi connectivity index (χ2n) is 4.51. The molecule has 1 N–H and O–H groups in total. The molecule has 2 rings (SSSR count). The minimum absolute atomic E-state index is 0.0231. The van der Waals surface area contributed by atoms with Crippen LogP contribution in [0.4, 0.5) is 10.3 Å². The number of nitrogens with one attached hydrogen (secondary N) is 1. The highest BCUT2D eigenvalue weighted by Crippen LogP contribution is 2.19. The van der Waals surface area contributed by atoms with E-state index in [0.29, 0.717) is 18.6 Å². The number of aromatic nitrogens is 2. The molecule has 1 aliphatic rings. The van der Waals surface area contributed by atoms with E-state index in [1.165, 1.54) is 12.8 Å². The highest BCUT2D eigenvalue weighted by Gasteiger charge is 2.20. The lowest BCUT2D eigenvalue weighted by Crippen LogP contribution is -2.26. The summed E-state index contributed by atoms with van der Waals surface area (Å²) < 4.78 is 18.8. The number of anilines is 1. The first-order chi connectivity index (χ1) is 8.70. The maximum absolute atomic E-state index is 13.4. The van der Waals surface area contributed by atoms with Gasteiger partial charge in [0.25, 0.3) is 5.88 Å². The molecule has 1 aromatic heterocycles. The van der Waals surface area contributed by atoms with E-state index >= 15 is 0 Å². The van der Waals surface area contributed by atoms with E-state index in [-0.39, 0.29) is 5.88 Å². The van der Waals surface area contributed by atoms with Crippen LogP contribution in [0.5, 0.6) is 5.88 Å². The lowest BCUT2D eigenvalue weighted by molar-refractivity contribution is 0.222. The van der Waals surface area contributed by atoms with Crippen LogP contribution in [0.2, 0.25) is 0 Å². The molecular weight excluding hydrogens is 235 g/mol. The van der Waals surface area contributed by atoms with Gasteiger partial charge in [0.1, 0.15) is 0 Å². The van der Waals surface area contributed by atoms with Crippen LogP contribution in [0.25, 0.3) is 0 Å². The Balaban J connectivity index is 1.86. The number of likely N-dealkylation sites (tertiary alicyclic amines) is 1. The molecule has 6 heteroatoms. The van der Waals surface area contributed by atoms with Crippen LogP contribution < -0.4 is 10.1 Å². The predicted molar refractivity (Wildman–Crippen MR) is 67.3 cm³/mol. The summed E-state index contributed by atoms with van der Waals surface area (Å²) in [5, 5.41) is 2.76. The van der Waals surface area contributed by atoms with Crippen LogP contribution in [-0.2, 0) is 0 Å². The van der Waals surface area contributed by atoms with E-state index in [1.807, 2.05) is 0 Å². The van der Waals surface area contributed by atoms with Crippen molar-refractivity contribution in [3.8, 4) is 5.88 Å². The van der Waals surface area contributed by atoms with Gasteiger partial charge in [0.2, 0.25) is 11.8 Å². The molecule has 1 atom stereocenters. The summed E-state index contributed by atoms with van der Waals surface area (Å²) >= 11 is 0. The molecule has 1 aromatic rings. The van der Waals surface area contributed by atoms with Crippen LogP contribution in [0.1, 0.15) is 19.3 Å². The van der Waals surface area contributed by atoms with Crippen molar-refractivity contribution in [1.82, 2.24) is 14.9 Å². The van der Waals surface area contributed by atoms with E-state index < -0.39 is 5.82 Å². The van der Waals surface area contributed by atoms with Crippen LogP contribution in [0.3, 0.4) is 0 Å². The normalized spacial score (nSPS) is 20.1. The van der Waals surface area contributed by atoms with E-state index in [4.69, 9.17) is 4.74 Å². The molecular formula is C12H19FN4O. The first kappa shape index (κ1) is 13.0. The maximum atomic E-state index is 13.4. The summed E-state index contributed by atoms with van der Waals surface area (Å²) in [6.45, 7) is 1.61. The third-order valence-corrected chi connectivity index (χ3v) is 3.30. The Bertz CT molecular complexity index is 402. The Kier molecular flexibility index (Phi) is 4.30. The molecule has 0 aromatic carbocycles. The summed E-state index contributed by atoms with van der Waals surface area (Å²) in [7, 11) is 3.80. The van der Waals surface area contributed by atoms with Crippen molar-refractivity contribution in [2.75, 3.05) is 32.6 Å². The predicted octanol–water partition coefficient (Wildman–Crippen LogP) is 1.52. The summed E-state index contributed by atoms with van der Waals surface area (Å²) in [4.78, 5) is 10.0. The van der Waals surface area contributed by atoms with Crippen molar-refractivity contribution in [3.05, 3.63) is 12.0 Å². The fourth-order valence-electron chi connectivity index (χ4n) is 2.21. The Morgan fingerprint density at radius 1 is 1.61 bits per heavy atom. The van der Waals surface area contributed by atoms with Gasteiger partial charge >= 0.3 is 0 Å². The van der Waals surface area contributed by atoms with E-state index in [9.17, 15) is 4.39 Å². The Morgan fingerprint density at radius 3 is 3.11 bits per heavy atom. The van der Waals surface area contributed by atoms with Crippen molar-refractivity contribution in [1.29, 1.82) is 0 Å². The second kappa shape index (κ2) is 5.95. The van der Waals surface area contributed by atoms with Crippen molar-refractivity contribution >= 4 is 5.95 Å². The number of hydrogen-bond acceptors (Lipinski definition) is 5. The van der Waals surface area contributed by atoms with Crippen molar-refractivity contribution in [2.45, 2.75) is 25.3 Å². The fraction of sp³-hybridized carbons (Fsp3) is 0.667. The largest absolute Gasteiger partial charge is 0.475 e. The third kappa shape index (κ3) is 3.07. The molecule has 0 bridgehead atoms. The fourth-order valence-corrected chi connectivity index (χ4v) is 2.21. The van der Waals surface area contributed by atoms with Crippen molar-refractivity contribution < 1.29 is 9.13 Å². The van der Waals surface area contributed by atoms with Crippen molar-refractivity contribution in [2.24, 2.45) is 0 Å². The minimum atomic E-state index is -0.520. The highest BCUT2D eigenvalue weighted by atomic mass is 19.1. The molecule has 0 aliphatic carbocycles. The lowest BCUT2D eigenvalue weighted by Gasteiger charge is -2.19. The van der Waals surface area contributed by atoms with Crippen molar-refractivity contribution in [3.63, 3.8) is 0 Å². The molecule has 2 heterocycles. The molecule has 100 valence electrons. The van der Waals surface area contributed by atoms with Gasteiger partial charge in [-0.15, -0.1) is 0 Å². The molecule has 1 saturated heterocycles. The van der Waals surface area contributed by atoms with Crippen LogP contribution in [-0.4, -0.2) is 48.2 Å². The summed E-state index contributed by atoms with van der Waals surface area (Å²) in [5.41, 5.74) is 0. The zero-order chi connectivity index (χ0) is 13.0. The number of halogens is 1. The molecule has 5 nitrogen and oxygen atoms in total.